The Hall–Kier alpha value is -1.55. The van der Waals surface area contributed by atoms with Gasteiger partial charge in [-0.1, -0.05) is 0 Å². The van der Waals surface area contributed by atoms with Crippen LogP contribution in [0.2, 0.25) is 0 Å². The summed E-state index contributed by atoms with van der Waals surface area (Å²) in [5.41, 5.74) is 1.24. The topological polar surface area (TPSA) is 49.8 Å². The molecule has 0 aromatic heterocycles. The fraction of sp³-hybridized carbons (Fsp3) is 0.417. The van der Waals surface area contributed by atoms with E-state index < -0.39 is 5.72 Å². The standard InChI is InChI=1S/C12H13NO3/c1-12-5-4-11(15)13(12)10-3-2-9(14)6-8(10)7-16-12/h2-3,6,14H,4-5,7H2,1H3/t12-/m0/s1. The predicted molar refractivity (Wildman–Crippen MR) is 58.0 cm³/mol. The largest absolute Gasteiger partial charge is 0.508 e. The summed E-state index contributed by atoms with van der Waals surface area (Å²) >= 11 is 0. The summed E-state index contributed by atoms with van der Waals surface area (Å²) in [6, 6.07) is 5.05. The summed E-state index contributed by atoms with van der Waals surface area (Å²) in [4.78, 5) is 13.6. The first-order valence-electron chi connectivity index (χ1n) is 5.39. The highest BCUT2D eigenvalue weighted by Crippen LogP contribution is 2.42. The number of phenolic OH excluding ortho intramolecular Hbond substituents is 1. The van der Waals surface area contributed by atoms with Crippen molar-refractivity contribution in [3.63, 3.8) is 0 Å². The van der Waals surface area contributed by atoms with E-state index in [4.69, 9.17) is 4.74 Å². The van der Waals surface area contributed by atoms with Gasteiger partial charge < -0.3 is 9.84 Å². The van der Waals surface area contributed by atoms with Gasteiger partial charge in [0.1, 0.15) is 11.5 Å². The number of hydrogen-bond donors (Lipinski definition) is 1. The number of carbonyl (C=O) groups is 1. The molecule has 1 saturated heterocycles. The van der Waals surface area contributed by atoms with Gasteiger partial charge in [0.05, 0.1) is 12.3 Å². The molecule has 1 aromatic carbocycles. The molecule has 0 radical (unpaired) electrons. The third-order valence-electron chi connectivity index (χ3n) is 3.37. The molecule has 0 aliphatic carbocycles. The Morgan fingerprint density at radius 2 is 2.31 bits per heavy atom. The molecule has 1 N–H and O–H groups in total. The number of rotatable bonds is 0. The lowest BCUT2D eigenvalue weighted by Gasteiger charge is -2.40. The van der Waals surface area contributed by atoms with Crippen LogP contribution in [-0.2, 0) is 16.1 Å². The van der Waals surface area contributed by atoms with Crippen LogP contribution in [0.1, 0.15) is 25.3 Å². The molecule has 3 rings (SSSR count). The van der Waals surface area contributed by atoms with Crippen LogP contribution in [-0.4, -0.2) is 16.7 Å². The number of phenols is 1. The summed E-state index contributed by atoms with van der Waals surface area (Å²) < 4.78 is 5.74. The van der Waals surface area contributed by atoms with Crippen LogP contribution < -0.4 is 4.90 Å². The highest BCUT2D eigenvalue weighted by molar-refractivity contribution is 5.98. The molecule has 1 aromatic rings. The Balaban J connectivity index is 2.15. The molecule has 1 amide bonds. The minimum Gasteiger partial charge on any atom is -0.508 e. The quantitative estimate of drug-likeness (QED) is 0.723. The fourth-order valence-electron chi connectivity index (χ4n) is 2.49. The highest BCUT2D eigenvalue weighted by atomic mass is 16.5. The average molecular weight is 219 g/mol. The van der Waals surface area contributed by atoms with Crippen molar-refractivity contribution in [2.75, 3.05) is 4.90 Å². The van der Waals surface area contributed by atoms with Crippen LogP contribution >= 0.6 is 0 Å². The summed E-state index contributed by atoms with van der Waals surface area (Å²) in [6.45, 7) is 2.39. The molecule has 16 heavy (non-hydrogen) atoms. The summed E-state index contributed by atoms with van der Waals surface area (Å²) in [6.07, 6.45) is 1.25. The zero-order valence-electron chi connectivity index (χ0n) is 9.06. The second kappa shape index (κ2) is 2.98. The van der Waals surface area contributed by atoms with Gasteiger partial charge in [0.2, 0.25) is 5.91 Å². The van der Waals surface area contributed by atoms with Crippen LogP contribution in [0.4, 0.5) is 5.69 Å². The van der Waals surface area contributed by atoms with Crippen LogP contribution in [0.3, 0.4) is 0 Å². The van der Waals surface area contributed by atoms with Gasteiger partial charge in [-0.25, -0.2) is 0 Å². The Morgan fingerprint density at radius 3 is 3.12 bits per heavy atom. The maximum absolute atomic E-state index is 11.8. The molecule has 0 spiro atoms. The zero-order valence-corrected chi connectivity index (χ0v) is 9.06. The number of anilines is 1. The number of benzene rings is 1. The van der Waals surface area contributed by atoms with Crippen LogP contribution in [0, 0.1) is 0 Å². The molecule has 4 heteroatoms. The van der Waals surface area contributed by atoms with Gasteiger partial charge in [-0.15, -0.1) is 0 Å². The third kappa shape index (κ3) is 1.16. The van der Waals surface area contributed by atoms with Crippen molar-refractivity contribution in [1.82, 2.24) is 0 Å². The second-order valence-corrected chi connectivity index (χ2v) is 4.51. The number of hydrogen-bond acceptors (Lipinski definition) is 3. The first kappa shape index (κ1) is 9.66. The van der Waals surface area contributed by atoms with E-state index in [2.05, 4.69) is 0 Å². The predicted octanol–water partition coefficient (Wildman–Crippen LogP) is 1.77. The van der Waals surface area contributed by atoms with Crippen molar-refractivity contribution in [3.05, 3.63) is 23.8 Å². The maximum Gasteiger partial charge on any atom is 0.229 e. The fourth-order valence-corrected chi connectivity index (χ4v) is 2.49. The average Bonchev–Trinajstić information content (AvgIpc) is 2.56. The van der Waals surface area contributed by atoms with Crippen molar-refractivity contribution in [2.24, 2.45) is 0 Å². The van der Waals surface area contributed by atoms with E-state index in [1.54, 1.807) is 23.1 Å². The molecular formula is C12H13NO3. The summed E-state index contributed by atoms with van der Waals surface area (Å²) in [5.74, 6) is 0.298. The van der Waals surface area contributed by atoms with E-state index in [1.165, 1.54) is 0 Å². The number of carbonyl (C=O) groups excluding carboxylic acids is 1. The number of amides is 1. The van der Waals surface area contributed by atoms with Crippen molar-refractivity contribution in [2.45, 2.75) is 32.1 Å². The van der Waals surface area contributed by atoms with Crippen molar-refractivity contribution < 1.29 is 14.6 Å². The SMILES string of the molecule is C[C@]12CCC(=O)N1c1ccc(O)cc1CO2. The smallest absolute Gasteiger partial charge is 0.229 e. The third-order valence-corrected chi connectivity index (χ3v) is 3.37. The number of aromatic hydroxyl groups is 1. The van der Waals surface area contributed by atoms with E-state index in [0.29, 0.717) is 13.0 Å². The molecule has 4 nitrogen and oxygen atoms in total. The van der Waals surface area contributed by atoms with Gasteiger partial charge in [0, 0.05) is 18.4 Å². The van der Waals surface area contributed by atoms with Crippen molar-refractivity contribution in [1.29, 1.82) is 0 Å². The monoisotopic (exact) mass is 219 g/mol. The number of nitrogens with zero attached hydrogens (tertiary/aromatic N) is 1. The van der Waals surface area contributed by atoms with Gasteiger partial charge in [-0.2, -0.15) is 0 Å². The van der Waals surface area contributed by atoms with E-state index >= 15 is 0 Å². The first-order chi connectivity index (χ1) is 7.60. The second-order valence-electron chi connectivity index (χ2n) is 4.51. The maximum atomic E-state index is 11.8. The van der Waals surface area contributed by atoms with Gasteiger partial charge in [-0.05, 0) is 25.1 Å². The lowest BCUT2D eigenvalue weighted by molar-refractivity contribution is -0.120. The van der Waals surface area contributed by atoms with E-state index in [0.717, 1.165) is 17.7 Å². The van der Waals surface area contributed by atoms with Crippen molar-refractivity contribution in [3.8, 4) is 5.75 Å². The molecule has 2 aliphatic rings. The van der Waals surface area contributed by atoms with E-state index in [1.807, 2.05) is 6.92 Å². The molecule has 1 fully saturated rings. The van der Waals surface area contributed by atoms with Crippen LogP contribution in [0.5, 0.6) is 5.75 Å². The van der Waals surface area contributed by atoms with Crippen LogP contribution in [0.25, 0.3) is 0 Å². The Bertz CT molecular complexity index is 471. The molecule has 84 valence electrons. The summed E-state index contributed by atoms with van der Waals surface area (Å²) in [5, 5.41) is 9.40. The van der Waals surface area contributed by atoms with Gasteiger partial charge in [0.25, 0.3) is 0 Å². The normalized spacial score (nSPS) is 27.8. The highest BCUT2D eigenvalue weighted by Gasteiger charge is 2.46. The first-order valence-corrected chi connectivity index (χ1v) is 5.39. The molecule has 2 heterocycles. The Kier molecular flexibility index (Phi) is 1.80. The Labute approximate surface area is 93.4 Å². The van der Waals surface area contributed by atoms with Gasteiger partial charge in [0.15, 0.2) is 0 Å². The summed E-state index contributed by atoms with van der Waals surface area (Å²) in [7, 11) is 0. The van der Waals surface area contributed by atoms with Crippen molar-refractivity contribution >= 4 is 11.6 Å². The Morgan fingerprint density at radius 1 is 1.50 bits per heavy atom. The zero-order chi connectivity index (χ0) is 11.3. The van der Waals surface area contributed by atoms with E-state index in [9.17, 15) is 9.90 Å². The number of fused-ring (bicyclic) bond motifs is 3. The van der Waals surface area contributed by atoms with Gasteiger partial charge >= 0.3 is 0 Å². The molecular weight excluding hydrogens is 206 g/mol. The lowest BCUT2D eigenvalue weighted by atomic mass is 10.1. The molecule has 2 aliphatic heterocycles. The van der Waals surface area contributed by atoms with Crippen LogP contribution in [0.15, 0.2) is 18.2 Å². The molecule has 0 unspecified atom stereocenters. The molecule has 1 atom stereocenters. The minimum absolute atomic E-state index is 0.0918. The van der Waals surface area contributed by atoms with E-state index in [-0.39, 0.29) is 11.7 Å². The minimum atomic E-state index is -0.499. The number of ether oxygens (including phenoxy) is 1. The molecule has 0 bridgehead atoms. The lowest BCUT2D eigenvalue weighted by Crippen LogP contribution is -2.48. The molecule has 0 saturated carbocycles. The van der Waals surface area contributed by atoms with Gasteiger partial charge in [-0.3, -0.25) is 9.69 Å².